The van der Waals surface area contributed by atoms with Gasteiger partial charge < -0.3 is 9.47 Å². The van der Waals surface area contributed by atoms with E-state index in [-0.39, 0.29) is 0 Å². The van der Waals surface area contributed by atoms with Crippen molar-refractivity contribution in [3.63, 3.8) is 0 Å². The van der Waals surface area contributed by atoms with Gasteiger partial charge in [-0.3, -0.25) is 4.99 Å². The van der Waals surface area contributed by atoms with Crippen LogP contribution >= 0.6 is 0 Å². The molecule has 2 aliphatic rings. The van der Waals surface area contributed by atoms with Gasteiger partial charge in [0, 0.05) is 18.0 Å². The summed E-state index contributed by atoms with van der Waals surface area (Å²) in [6.07, 6.45) is 5.45. The van der Waals surface area contributed by atoms with Crippen LogP contribution in [0.4, 0.5) is 0 Å². The number of methoxy groups -OCH3 is 1. The van der Waals surface area contributed by atoms with Gasteiger partial charge in [0.25, 0.3) is 0 Å². The van der Waals surface area contributed by atoms with E-state index in [2.05, 4.69) is 4.99 Å². The first-order valence-electron chi connectivity index (χ1n) is 6.72. The van der Waals surface area contributed by atoms with Crippen molar-refractivity contribution in [2.45, 2.75) is 31.8 Å². The minimum Gasteiger partial charge on any atom is -0.497 e. The molecule has 3 heteroatoms. The average Bonchev–Trinajstić information content (AvgIpc) is 2.47. The van der Waals surface area contributed by atoms with Crippen LogP contribution in [0.25, 0.3) is 0 Å². The largest absolute Gasteiger partial charge is 0.497 e. The van der Waals surface area contributed by atoms with E-state index in [4.69, 9.17) is 9.47 Å². The molecule has 0 N–H and O–H groups in total. The number of nitrogens with zero attached hydrogens (tertiary/aromatic N) is 1. The quantitative estimate of drug-likeness (QED) is 0.802. The van der Waals surface area contributed by atoms with Gasteiger partial charge in [-0.25, -0.2) is 0 Å². The van der Waals surface area contributed by atoms with Crippen LogP contribution in [0.5, 0.6) is 5.75 Å². The third-order valence-electron chi connectivity index (χ3n) is 3.91. The molecule has 2 atom stereocenters. The SMILES string of the molecule is COc1ccc(C2=NCC3CCCCC3O2)cc1. The highest BCUT2D eigenvalue weighted by atomic mass is 16.5. The van der Waals surface area contributed by atoms with Crippen LogP contribution < -0.4 is 4.74 Å². The number of rotatable bonds is 2. The summed E-state index contributed by atoms with van der Waals surface area (Å²) in [4.78, 5) is 4.59. The van der Waals surface area contributed by atoms with Gasteiger partial charge in [0.15, 0.2) is 0 Å². The van der Waals surface area contributed by atoms with Gasteiger partial charge in [-0.05, 0) is 43.5 Å². The molecule has 0 amide bonds. The van der Waals surface area contributed by atoms with E-state index in [9.17, 15) is 0 Å². The molecule has 96 valence electrons. The Morgan fingerprint density at radius 3 is 2.72 bits per heavy atom. The standard InChI is InChI=1S/C15H19NO2/c1-17-13-8-6-11(7-9-13)15-16-10-12-4-2-3-5-14(12)18-15/h6-9,12,14H,2-5,10H2,1H3. The van der Waals surface area contributed by atoms with E-state index in [1.54, 1.807) is 7.11 Å². The number of hydrogen-bond donors (Lipinski definition) is 0. The average molecular weight is 245 g/mol. The normalized spacial score (nSPS) is 26.8. The van der Waals surface area contributed by atoms with Crippen molar-refractivity contribution < 1.29 is 9.47 Å². The third kappa shape index (κ3) is 2.22. The van der Waals surface area contributed by atoms with Crippen LogP contribution in [0.15, 0.2) is 29.3 Å². The first-order valence-corrected chi connectivity index (χ1v) is 6.72. The maximum atomic E-state index is 6.06. The summed E-state index contributed by atoms with van der Waals surface area (Å²) in [5, 5.41) is 0. The number of aliphatic imine (C=N–C) groups is 1. The number of fused-ring (bicyclic) bond motifs is 1. The Balaban J connectivity index is 1.77. The second-order valence-electron chi connectivity index (χ2n) is 5.08. The fraction of sp³-hybridized carbons (Fsp3) is 0.533. The summed E-state index contributed by atoms with van der Waals surface area (Å²) in [7, 11) is 1.68. The zero-order valence-electron chi connectivity index (χ0n) is 10.8. The summed E-state index contributed by atoms with van der Waals surface area (Å²) in [6, 6.07) is 7.93. The molecule has 1 aromatic carbocycles. The molecule has 0 saturated heterocycles. The van der Waals surface area contributed by atoms with Gasteiger partial charge in [0.2, 0.25) is 5.90 Å². The van der Waals surface area contributed by atoms with Crippen LogP contribution in [0, 0.1) is 5.92 Å². The number of hydrogen-bond acceptors (Lipinski definition) is 3. The van der Waals surface area contributed by atoms with Gasteiger partial charge in [-0.15, -0.1) is 0 Å². The van der Waals surface area contributed by atoms with E-state index in [0.29, 0.717) is 12.0 Å². The van der Waals surface area contributed by atoms with E-state index >= 15 is 0 Å². The molecule has 1 fully saturated rings. The Hall–Kier alpha value is -1.51. The Morgan fingerprint density at radius 1 is 1.17 bits per heavy atom. The van der Waals surface area contributed by atoms with E-state index in [0.717, 1.165) is 23.8 Å². The van der Waals surface area contributed by atoms with Gasteiger partial charge in [0.1, 0.15) is 11.9 Å². The molecule has 0 spiro atoms. The maximum Gasteiger partial charge on any atom is 0.216 e. The molecule has 2 unspecified atom stereocenters. The van der Waals surface area contributed by atoms with Crippen LogP contribution in [0.3, 0.4) is 0 Å². The van der Waals surface area contributed by atoms with Crippen LogP contribution in [-0.2, 0) is 4.74 Å². The highest BCUT2D eigenvalue weighted by molar-refractivity contribution is 5.94. The van der Waals surface area contributed by atoms with Crippen molar-refractivity contribution in [2.24, 2.45) is 10.9 Å². The lowest BCUT2D eigenvalue weighted by atomic mass is 9.86. The lowest BCUT2D eigenvalue weighted by Gasteiger charge is -2.34. The minimum absolute atomic E-state index is 0.383. The molecular formula is C15H19NO2. The van der Waals surface area contributed by atoms with Gasteiger partial charge in [-0.1, -0.05) is 6.42 Å². The predicted molar refractivity (Wildman–Crippen MR) is 71.2 cm³/mol. The second kappa shape index (κ2) is 5.01. The lowest BCUT2D eigenvalue weighted by Crippen LogP contribution is -2.36. The second-order valence-corrected chi connectivity index (χ2v) is 5.08. The van der Waals surface area contributed by atoms with Crippen molar-refractivity contribution >= 4 is 5.90 Å². The van der Waals surface area contributed by atoms with Crippen LogP contribution in [-0.4, -0.2) is 25.7 Å². The lowest BCUT2D eigenvalue weighted by molar-refractivity contribution is 0.0729. The van der Waals surface area contributed by atoms with E-state index in [1.807, 2.05) is 24.3 Å². The first kappa shape index (κ1) is 11.6. The van der Waals surface area contributed by atoms with Crippen LogP contribution in [0.1, 0.15) is 31.2 Å². The van der Waals surface area contributed by atoms with Crippen LogP contribution in [0.2, 0.25) is 0 Å². The van der Waals surface area contributed by atoms with E-state index in [1.165, 1.54) is 25.7 Å². The Kier molecular flexibility index (Phi) is 3.22. The molecule has 18 heavy (non-hydrogen) atoms. The number of benzene rings is 1. The van der Waals surface area contributed by atoms with Crippen molar-refractivity contribution in [2.75, 3.05) is 13.7 Å². The Morgan fingerprint density at radius 2 is 1.94 bits per heavy atom. The summed E-state index contributed by atoms with van der Waals surface area (Å²) >= 11 is 0. The Bertz CT molecular complexity index is 438. The molecule has 1 aliphatic heterocycles. The van der Waals surface area contributed by atoms with E-state index < -0.39 is 0 Å². The molecule has 3 nitrogen and oxygen atoms in total. The fourth-order valence-electron chi connectivity index (χ4n) is 2.81. The van der Waals surface area contributed by atoms with Gasteiger partial charge in [0.05, 0.1) is 7.11 Å². The van der Waals surface area contributed by atoms with Gasteiger partial charge >= 0.3 is 0 Å². The number of ether oxygens (including phenoxy) is 2. The highest BCUT2D eigenvalue weighted by Gasteiger charge is 2.31. The molecule has 1 aromatic rings. The van der Waals surface area contributed by atoms with Gasteiger partial charge in [-0.2, -0.15) is 0 Å². The molecule has 0 radical (unpaired) electrons. The molecule has 1 aliphatic carbocycles. The fourth-order valence-corrected chi connectivity index (χ4v) is 2.81. The zero-order chi connectivity index (χ0) is 12.4. The first-order chi connectivity index (χ1) is 8.86. The van der Waals surface area contributed by atoms with Crippen molar-refractivity contribution in [1.82, 2.24) is 0 Å². The smallest absolute Gasteiger partial charge is 0.216 e. The molecule has 0 bridgehead atoms. The summed E-state index contributed by atoms with van der Waals surface area (Å²) in [5.41, 5.74) is 1.06. The summed E-state index contributed by atoms with van der Waals surface area (Å²) < 4.78 is 11.2. The molecule has 0 aromatic heterocycles. The summed E-state index contributed by atoms with van der Waals surface area (Å²) in [5.74, 6) is 2.31. The minimum atomic E-state index is 0.383. The zero-order valence-corrected chi connectivity index (χ0v) is 10.8. The maximum absolute atomic E-state index is 6.06. The van der Waals surface area contributed by atoms with Crippen molar-refractivity contribution in [1.29, 1.82) is 0 Å². The molecular weight excluding hydrogens is 226 g/mol. The highest BCUT2D eigenvalue weighted by Crippen LogP contribution is 2.31. The summed E-state index contributed by atoms with van der Waals surface area (Å²) in [6.45, 7) is 0.923. The Labute approximate surface area is 108 Å². The molecule has 1 heterocycles. The third-order valence-corrected chi connectivity index (χ3v) is 3.91. The predicted octanol–water partition coefficient (Wildman–Crippen LogP) is 3.03. The monoisotopic (exact) mass is 245 g/mol. The molecule has 1 saturated carbocycles. The van der Waals surface area contributed by atoms with Crippen molar-refractivity contribution in [3.8, 4) is 5.75 Å². The van der Waals surface area contributed by atoms with Crippen molar-refractivity contribution in [3.05, 3.63) is 29.8 Å². The topological polar surface area (TPSA) is 30.8 Å². The molecule has 3 rings (SSSR count).